The maximum atomic E-state index is 13.0. The summed E-state index contributed by atoms with van der Waals surface area (Å²) in [5.41, 5.74) is 4.67. The third-order valence-electron chi connectivity index (χ3n) is 4.97. The van der Waals surface area contributed by atoms with Crippen LogP contribution in [0.15, 0.2) is 45.8 Å². The number of nitrogens with zero attached hydrogens (tertiary/aromatic N) is 1. The predicted octanol–water partition coefficient (Wildman–Crippen LogP) is 6.13. The molecular weight excluding hydrogens is 536 g/mol. The number of thioether (sulfide) groups is 1. The number of nitrogens with one attached hydrogen (secondary N) is 1. The second kappa shape index (κ2) is 11.9. The topological polar surface area (TPSA) is 67.9 Å². The molecule has 1 heterocycles. The SMILES string of the molecule is CCOc1cc(/C=C2/SC(=S)N(NC(=O)c3ccccc3C)C2=O)cc(Br)c1OCCC(C)C. The lowest BCUT2D eigenvalue weighted by atomic mass is 10.1. The molecule has 1 N–H and O–H groups in total. The number of carbonyl (C=O) groups excluding carboxylic acids is 2. The Morgan fingerprint density at radius 1 is 1.26 bits per heavy atom. The average molecular weight is 564 g/mol. The lowest BCUT2D eigenvalue weighted by Crippen LogP contribution is -2.45. The van der Waals surface area contributed by atoms with Crippen LogP contribution in [-0.4, -0.2) is 34.4 Å². The fourth-order valence-corrected chi connectivity index (χ4v) is 4.93. The van der Waals surface area contributed by atoms with Gasteiger partial charge in [-0.2, -0.15) is 5.01 Å². The summed E-state index contributed by atoms with van der Waals surface area (Å²) in [5, 5.41) is 1.11. The molecule has 2 aromatic rings. The summed E-state index contributed by atoms with van der Waals surface area (Å²) >= 11 is 10.1. The number of ether oxygens (including phenoxy) is 2. The minimum Gasteiger partial charge on any atom is -0.490 e. The predicted molar refractivity (Wildman–Crippen MR) is 144 cm³/mol. The first-order chi connectivity index (χ1) is 16.2. The maximum Gasteiger partial charge on any atom is 0.285 e. The van der Waals surface area contributed by atoms with Crippen molar-refractivity contribution in [3.05, 3.63) is 62.5 Å². The molecule has 1 aliphatic heterocycles. The number of amides is 2. The van der Waals surface area contributed by atoms with Gasteiger partial charge in [0.15, 0.2) is 15.8 Å². The molecule has 34 heavy (non-hydrogen) atoms. The van der Waals surface area contributed by atoms with E-state index in [1.807, 2.05) is 38.1 Å². The number of benzene rings is 2. The summed E-state index contributed by atoms with van der Waals surface area (Å²) < 4.78 is 12.8. The van der Waals surface area contributed by atoms with Crippen LogP contribution in [0.2, 0.25) is 0 Å². The average Bonchev–Trinajstić information content (AvgIpc) is 3.03. The molecule has 0 spiro atoms. The maximum absolute atomic E-state index is 13.0. The molecule has 0 aromatic heterocycles. The Kier molecular flexibility index (Phi) is 9.16. The zero-order valence-corrected chi connectivity index (χ0v) is 22.7. The number of carbonyl (C=O) groups is 2. The molecule has 1 fully saturated rings. The normalized spacial score (nSPS) is 14.8. The van der Waals surface area contributed by atoms with Gasteiger partial charge in [-0.1, -0.05) is 43.8 Å². The minimum atomic E-state index is -0.389. The van der Waals surface area contributed by atoms with Crippen LogP contribution in [0.3, 0.4) is 0 Å². The van der Waals surface area contributed by atoms with Crippen LogP contribution in [0, 0.1) is 12.8 Å². The third kappa shape index (κ3) is 6.40. The van der Waals surface area contributed by atoms with Crippen LogP contribution < -0.4 is 14.9 Å². The summed E-state index contributed by atoms with van der Waals surface area (Å²) in [6.07, 6.45) is 2.65. The second-order valence-electron chi connectivity index (χ2n) is 8.07. The highest BCUT2D eigenvalue weighted by molar-refractivity contribution is 9.10. The standard InChI is InChI=1S/C25H27BrN2O4S2/c1-5-31-20-13-17(12-19(26)22(20)32-11-10-15(2)3)14-21-24(30)28(25(33)34-21)27-23(29)18-9-7-6-8-16(18)4/h6-9,12-15H,5,10-11H2,1-4H3,(H,27,29)/b21-14+. The molecule has 0 aliphatic carbocycles. The van der Waals surface area contributed by atoms with Crippen LogP contribution in [0.5, 0.6) is 11.5 Å². The highest BCUT2D eigenvalue weighted by Crippen LogP contribution is 2.39. The third-order valence-corrected chi connectivity index (χ3v) is 6.86. The van der Waals surface area contributed by atoms with Crippen molar-refractivity contribution in [2.24, 2.45) is 5.92 Å². The Labute approximate surface area is 218 Å². The number of halogens is 1. The van der Waals surface area contributed by atoms with Gasteiger partial charge in [-0.25, -0.2) is 0 Å². The first-order valence-electron chi connectivity index (χ1n) is 10.9. The number of rotatable bonds is 9. The van der Waals surface area contributed by atoms with E-state index in [9.17, 15) is 9.59 Å². The van der Waals surface area contributed by atoms with E-state index >= 15 is 0 Å². The molecule has 2 amide bonds. The molecule has 3 rings (SSSR count). The van der Waals surface area contributed by atoms with E-state index in [0.717, 1.165) is 38.8 Å². The summed E-state index contributed by atoms with van der Waals surface area (Å²) in [7, 11) is 0. The quantitative estimate of drug-likeness (QED) is 0.293. The van der Waals surface area contributed by atoms with Crippen LogP contribution in [0.4, 0.5) is 0 Å². The molecule has 0 unspecified atom stereocenters. The monoisotopic (exact) mass is 562 g/mol. The lowest BCUT2D eigenvalue weighted by molar-refractivity contribution is -0.123. The van der Waals surface area contributed by atoms with Crippen molar-refractivity contribution in [2.75, 3.05) is 13.2 Å². The van der Waals surface area contributed by atoms with Crippen molar-refractivity contribution in [1.82, 2.24) is 10.4 Å². The van der Waals surface area contributed by atoms with E-state index in [2.05, 4.69) is 35.2 Å². The van der Waals surface area contributed by atoms with E-state index in [0.29, 0.717) is 41.1 Å². The summed E-state index contributed by atoms with van der Waals surface area (Å²) in [6, 6.07) is 10.9. The van der Waals surface area contributed by atoms with Gasteiger partial charge in [0.25, 0.3) is 11.8 Å². The lowest BCUT2D eigenvalue weighted by Gasteiger charge is -2.16. The molecule has 6 nitrogen and oxygen atoms in total. The number of hydrazine groups is 1. The fraction of sp³-hybridized carbons (Fsp3) is 0.320. The number of hydrogen-bond acceptors (Lipinski definition) is 6. The number of thiocarbonyl (C=S) groups is 1. The van der Waals surface area contributed by atoms with E-state index in [4.69, 9.17) is 21.7 Å². The number of aryl methyl sites for hydroxylation is 1. The first-order valence-corrected chi connectivity index (χ1v) is 13.0. The van der Waals surface area contributed by atoms with Crippen LogP contribution in [0.25, 0.3) is 6.08 Å². The summed E-state index contributed by atoms with van der Waals surface area (Å²) in [5.74, 6) is 0.984. The van der Waals surface area contributed by atoms with E-state index in [1.165, 1.54) is 0 Å². The minimum absolute atomic E-state index is 0.260. The highest BCUT2D eigenvalue weighted by Gasteiger charge is 2.34. The van der Waals surface area contributed by atoms with Gasteiger partial charge in [-0.3, -0.25) is 15.0 Å². The smallest absolute Gasteiger partial charge is 0.285 e. The zero-order chi connectivity index (χ0) is 24.8. The van der Waals surface area contributed by atoms with Crippen molar-refractivity contribution in [2.45, 2.75) is 34.1 Å². The first kappa shape index (κ1) is 26.2. The van der Waals surface area contributed by atoms with Gasteiger partial charge in [0.2, 0.25) is 0 Å². The molecule has 9 heteroatoms. The van der Waals surface area contributed by atoms with Gasteiger partial charge in [0.1, 0.15) is 0 Å². The van der Waals surface area contributed by atoms with Gasteiger partial charge in [-0.15, -0.1) is 0 Å². The fourth-order valence-electron chi connectivity index (χ4n) is 3.18. The van der Waals surface area contributed by atoms with Crippen LogP contribution >= 0.6 is 39.9 Å². The molecule has 0 radical (unpaired) electrons. The molecule has 2 aromatic carbocycles. The Bertz CT molecular complexity index is 1130. The second-order valence-corrected chi connectivity index (χ2v) is 10.6. The molecule has 1 aliphatic rings. The van der Waals surface area contributed by atoms with E-state index < -0.39 is 0 Å². The molecule has 0 atom stereocenters. The molecule has 0 saturated carbocycles. The van der Waals surface area contributed by atoms with Gasteiger partial charge in [0, 0.05) is 5.56 Å². The van der Waals surface area contributed by atoms with Crippen molar-refractivity contribution in [3.8, 4) is 11.5 Å². The Hall–Kier alpha value is -2.36. The summed E-state index contributed by atoms with van der Waals surface area (Å²) in [4.78, 5) is 26.1. The number of hydrogen-bond donors (Lipinski definition) is 1. The zero-order valence-electron chi connectivity index (χ0n) is 19.5. The van der Waals surface area contributed by atoms with Crippen LogP contribution in [0.1, 0.15) is 48.7 Å². The molecular formula is C25H27BrN2O4S2. The van der Waals surface area contributed by atoms with E-state index in [-0.39, 0.29) is 16.1 Å². The Balaban J connectivity index is 1.81. The molecule has 1 saturated heterocycles. The van der Waals surface area contributed by atoms with Crippen molar-refractivity contribution < 1.29 is 19.1 Å². The Morgan fingerprint density at radius 2 is 2.00 bits per heavy atom. The van der Waals surface area contributed by atoms with E-state index in [1.54, 1.807) is 18.2 Å². The largest absolute Gasteiger partial charge is 0.490 e. The van der Waals surface area contributed by atoms with Crippen LogP contribution in [-0.2, 0) is 4.79 Å². The Morgan fingerprint density at radius 3 is 2.68 bits per heavy atom. The molecule has 0 bridgehead atoms. The van der Waals surface area contributed by atoms with Crippen molar-refractivity contribution >= 4 is 62.1 Å². The molecule has 180 valence electrons. The summed E-state index contributed by atoms with van der Waals surface area (Å²) in [6.45, 7) is 9.08. The van der Waals surface area contributed by atoms with Gasteiger partial charge in [-0.05, 0) is 89.7 Å². The van der Waals surface area contributed by atoms with Gasteiger partial charge in [0.05, 0.1) is 22.6 Å². The van der Waals surface area contributed by atoms with Gasteiger partial charge >= 0.3 is 0 Å². The van der Waals surface area contributed by atoms with Gasteiger partial charge < -0.3 is 9.47 Å². The van der Waals surface area contributed by atoms with Crippen molar-refractivity contribution in [3.63, 3.8) is 0 Å². The van der Waals surface area contributed by atoms with Crippen molar-refractivity contribution in [1.29, 1.82) is 0 Å². The highest BCUT2D eigenvalue weighted by atomic mass is 79.9.